The number of piperidine rings is 2. The van der Waals surface area contributed by atoms with Gasteiger partial charge in [0.1, 0.15) is 5.69 Å². The fourth-order valence-electron chi connectivity index (χ4n) is 6.28. The minimum Gasteiger partial charge on any atom is -0.349 e. The van der Waals surface area contributed by atoms with Gasteiger partial charge in [0.2, 0.25) is 11.8 Å². The molecule has 12 heteroatoms. The van der Waals surface area contributed by atoms with Gasteiger partial charge in [-0.1, -0.05) is 13.8 Å². The summed E-state index contributed by atoms with van der Waals surface area (Å²) >= 11 is 1.23. The maximum atomic E-state index is 13.9. The molecule has 216 valence electrons. The standard InChI is InChI=1S/C29H30F3N5O3S/c1-14-11-19(29(30,31)32)35-23(20(14)25(38)34-15-6-9-36(4)10-7-15)17-5-8-33-18-12-16(41-24(17)18)13-37-26(39)21-22(27(37)40)28(21,2)3/h5,8,11-12,15,21-22H,6-7,9-10,13H2,1-4H3,(H,34,38). The van der Waals surface area contributed by atoms with Gasteiger partial charge in [0.15, 0.2) is 0 Å². The number of aromatic nitrogens is 2. The first-order chi connectivity index (χ1) is 19.3. The van der Waals surface area contributed by atoms with E-state index in [0.29, 0.717) is 20.7 Å². The molecule has 8 nitrogen and oxygen atoms in total. The Bertz CT molecular complexity index is 1570. The van der Waals surface area contributed by atoms with Crippen molar-refractivity contribution in [2.75, 3.05) is 20.1 Å². The molecule has 5 heterocycles. The van der Waals surface area contributed by atoms with E-state index < -0.39 is 17.8 Å². The van der Waals surface area contributed by atoms with Crippen molar-refractivity contribution in [3.63, 3.8) is 0 Å². The minimum absolute atomic E-state index is 0.0692. The number of carbonyl (C=O) groups excluding carboxylic acids is 3. The first-order valence-electron chi connectivity index (χ1n) is 13.6. The van der Waals surface area contributed by atoms with E-state index in [1.54, 1.807) is 12.1 Å². The molecular weight excluding hydrogens is 555 g/mol. The monoisotopic (exact) mass is 585 g/mol. The molecule has 0 aromatic carbocycles. The molecule has 0 radical (unpaired) electrons. The minimum atomic E-state index is -4.71. The van der Waals surface area contributed by atoms with Gasteiger partial charge in [-0.25, -0.2) is 4.98 Å². The number of pyridine rings is 2. The summed E-state index contributed by atoms with van der Waals surface area (Å²) in [5, 5.41) is 3.01. The van der Waals surface area contributed by atoms with E-state index in [9.17, 15) is 27.6 Å². The molecule has 2 unspecified atom stereocenters. The molecule has 1 N–H and O–H groups in total. The number of alkyl halides is 3. The molecule has 3 aliphatic rings. The molecule has 2 saturated heterocycles. The zero-order valence-electron chi connectivity index (χ0n) is 23.1. The second-order valence-electron chi connectivity index (χ2n) is 11.9. The second-order valence-corrected chi connectivity index (χ2v) is 13.1. The maximum Gasteiger partial charge on any atom is 0.433 e. The van der Waals surface area contributed by atoms with E-state index in [-0.39, 0.29) is 58.5 Å². The number of hydrogen-bond donors (Lipinski definition) is 1. The Morgan fingerprint density at radius 3 is 2.44 bits per heavy atom. The highest BCUT2D eigenvalue weighted by molar-refractivity contribution is 7.19. The summed E-state index contributed by atoms with van der Waals surface area (Å²) in [7, 11) is 2.00. The van der Waals surface area contributed by atoms with Gasteiger partial charge in [-0.3, -0.25) is 24.3 Å². The second kappa shape index (κ2) is 9.59. The smallest absolute Gasteiger partial charge is 0.349 e. The van der Waals surface area contributed by atoms with Crippen LogP contribution >= 0.6 is 11.3 Å². The number of carbonyl (C=O) groups is 3. The highest BCUT2D eigenvalue weighted by Crippen LogP contribution is 2.63. The van der Waals surface area contributed by atoms with Gasteiger partial charge < -0.3 is 10.2 Å². The zero-order chi connectivity index (χ0) is 29.4. The number of aryl methyl sites for hydroxylation is 1. The predicted molar refractivity (Wildman–Crippen MR) is 147 cm³/mol. The maximum absolute atomic E-state index is 13.9. The number of fused-ring (bicyclic) bond motifs is 2. The number of halogens is 3. The molecule has 6 rings (SSSR count). The third-order valence-electron chi connectivity index (χ3n) is 8.71. The van der Waals surface area contributed by atoms with Crippen molar-refractivity contribution in [2.45, 2.75) is 52.4 Å². The van der Waals surface area contributed by atoms with E-state index >= 15 is 0 Å². The van der Waals surface area contributed by atoms with Crippen LogP contribution in [-0.2, 0) is 22.3 Å². The largest absolute Gasteiger partial charge is 0.433 e. The number of amides is 3. The van der Waals surface area contributed by atoms with Crippen molar-refractivity contribution < 1.29 is 27.6 Å². The average molecular weight is 586 g/mol. The van der Waals surface area contributed by atoms with Crippen LogP contribution in [0.2, 0.25) is 0 Å². The van der Waals surface area contributed by atoms with Crippen LogP contribution in [0.5, 0.6) is 0 Å². The summed E-state index contributed by atoms with van der Waals surface area (Å²) in [4.78, 5) is 51.8. The highest BCUT2D eigenvalue weighted by Gasteiger charge is 2.72. The third-order valence-corrected chi connectivity index (χ3v) is 9.85. The van der Waals surface area contributed by atoms with Crippen molar-refractivity contribution in [3.05, 3.63) is 46.1 Å². The van der Waals surface area contributed by atoms with Crippen molar-refractivity contribution in [1.82, 2.24) is 25.1 Å². The Labute approximate surface area is 238 Å². The van der Waals surface area contributed by atoms with Crippen LogP contribution in [0, 0.1) is 24.2 Å². The molecule has 2 aliphatic heterocycles. The summed E-state index contributed by atoms with van der Waals surface area (Å²) in [5.41, 5.74) is -0.381. The number of nitrogens with zero attached hydrogens (tertiary/aromatic N) is 4. The van der Waals surface area contributed by atoms with Crippen molar-refractivity contribution in [3.8, 4) is 11.3 Å². The van der Waals surface area contributed by atoms with Crippen LogP contribution in [0.15, 0.2) is 24.4 Å². The number of likely N-dealkylation sites (tertiary alicyclic amines) is 2. The molecule has 0 bridgehead atoms. The number of hydrogen-bond acceptors (Lipinski definition) is 7. The number of rotatable bonds is 5. The lowest BCUT2D eigenvalue weighted by atomic mass is 9.98. The fraction of sp³-hybridized carbons (Fsp3) is 0.483. The molecule has 2 atom stereocenters. The molecule has 3 aromatic heterocycles. The van der Waals surface area contributed by atoms with E-state index in [2.05, 4.69) is 20.2 Å². The molecule has 3 aromatic rings. The van der Waals surface area contributed by atoms with Gasteiger partial charge in [-0.2, -0.15) is 13.2 Å². The summed E-state index contributed by atoms with van der Waals surface area (Å²) in [6.45, 7) is 7.00. The Balaban J connectivity index is 1.38. The molecule has 3 fully saturated rings. The predicted octanol–water partition coefficient (Wildman–Crippen LogP) is 4.65. The Hall–Kier alpha value is -3.38. The average Bonchev–Trinajstić information content (AvgIpc) is 3.14. The number of nitrogens with one attached hydrogen (secondary N) is 1. The van der Waals surface area contributed by atoms with Gasteiger partial charge in [-0.05, 0) is 69.1 Å². The van der Waals surface area contributed by atoms with E-state index in [4.69, 9.17) is 0 Å². The highest BCUT2D eigenvalue weighted by atomic mass is 32.1. The zero-order valence-corrected chi connectivity index (χ0v) is 23.9. The lowest BCUT2D eigenvalue weighted by Crippen LogP contribution is -2.43. The summed E-state index contributed by atoms with van der Waals surface area (Å²) in [5.74, 6) is -1.47. The summed E-state index contributed by atoms with van der Waals surface area (Å²) < 4.78 is 42.1. The molecule has 1 aliphatic carbocycles. The van der Waals surface area contributed by atoms with Gasteiger partial charge in [-0.15, -0.1) is 11.3 Å². The Morgan fingerprint density at radius 2 is 1.80 bits per heavy atom. The van der Waals surface area contributed by atoms with Gasteiger partial charge >= 0.3 is 6.18 Å². The van der Waals surface area contributed by atoms with Crippen LogP contribution in [0.25, 0.3) is 21.5 Å². The number of thiophene rings is 1. The molecule has 1 saturated carbocycles. The normalized spacial score (nSPS) is 22.9. The van der Waals surface area contributed by atoms with Crippen molar-refractivity contribution in [2.24, 2.45) is 17.3 Å². The lowest BCUT2D eigenvalue weighted by Gasteiger charge is -2.29. The third kappa shape index (κ3) is 4.70. The quantitative estimate of drug-likeness (QED) is 0.438. The molecular formula is C29H30F3N5O3S. The lowest BCUT2D eigenvalue weighted by molar-refractivity contribution is -0.144. The first kappa shape index (κ1) is 27.8. The van der Waals surface area contributed by atoms with E-state index in [0.717, 1.165) is 32.0 Å². The summed E-state index contributed by atoms with van der Waals surface area (Å²) in [6, 6.07) is 4.10. The first-order valence-corrected chi connectivity index (χ1v) is 14.4. The molecule has 41 heavy (non-hydrogen) atoms. The number of imide groups is 1. The van der Waals surface area contributed by atoms with Gasteiger partial charge in [0.05, 0.1) is 39.9 Å². The van der Waals surface area contributed by atoms with Crippen LogP contribution in [0.3, 0.4) is 0 Å². The fourth-order valence-corrected chi connectivity index (χ4v) is 7.39. The van der Waals surface area contributed by atoms with Gasteiger partial charge in [0, 0.05) is 22.7 Å². The molecule has 3 amide bonds. The summed E-state index contributed by atoms with van der Waals surface area (Å²) in [6.07, 6.45) is -1.76. The van der Waals surface area contributed by atoms with Crippen LogP contribution in [-0.4, -0.2) is 63.7 Å². The van der Waals surface area contributed by atoms with Crippen LogP contribution in [0.1, 0.15) is 53.2 Å². The van der Waals surface area contributed by atoms with Crippen LogP contribution in [0.4, 0.5) is 13.2 Å². The van der Waals surface area contributed by atoms with E-state index in [1.807, 2.05) is 20.9 Å². The van der Waals surface area contributed by atoms with Crippen molar-refractivity contribution >= 4 is 39.3 Å². The topological polar surface area (TPSA) is 95.5 Å². The van der Waals surface area contributed by atoms with Crippen LogP contribution < -0.4 is 5.32 Å². The van der Waals surface area contributed by atoms with Crippen molar-refractivity contribution in [1.29, 1.82) is 0 Å². The Morgan fingerprint density at radius 1 is 1.15 bits per heavy atom. The Kier molecular flexibility index (Phi) is 6.49. The van der Waals surface area contributed by atoms with Gasteiger partial charge in [0.25, 0.3) is 5.91 Å². The van der Waals surface area contributed by atoms with E-state index in [1.165, 1.54) is 29.4 Å². The SMILES string of the molecule is Cc1cc(C(F)(F)F)nc(-c2ccnc3cc(CN4C(=O)C5C(C4=O)C5(C)C)sc23)c1C(=O)NC1CCN(C)CC1. The molecule has 0 spiro atoms.